The maximum Gasteiger partial charge on any atom is 0.0740 e. The summed E-state index contributed by atoms with van der Waals surface area (Å²) in [6.45, 7) is 4.81. The second kappa shape index (κ2) is 15.3. The Bertz CT molecular complexity index is 3840. The van der Waals surface area contributed by atoms with Crippen molar-refractivity contribution >= 4 is 22.1 Å². The second-order valence-corrected chi connectivity index (χ2v) is 20.8. The van der Waals surface area contributed by atoms with Gasteiger partial charge in [-0.1, -0.05) is 250 Å². The molecular formula is C68H48S. The fourth-order valence-electron chi connectivity index (χ4n) is 12.9. The molecule has 0 saturated carbocycles. The minimum Gasteiger partial charge on any atom is -0.134 e. The van der Waals surface area contributed by atoms with E-state index in [9.17, 15) is 0 Å². The van der Waals surface area contributed by atoms with Gasteiger partial charge in [0, 0.05) is 26.7 Å². The van der Waals surface area contributed by atoms with Crippen LogP contribution in [0.5, 0.6) is 0 Å². The lowest BCUT2D eigenvalue weighted by Gasteiger charge is -2.31. The zero-order valence-electron chi connectivity index (χ0n) is 38.7. The first-order valence-electron chi connectivity index (χ1n) is 24.4. The van der Waals surface area contributed by atoms with Gasteiger partial charge in [0.15, 0.2) is 0 Å². The van der Waals surface area contributed by atoms with Crippen molar-refractivity contribution in [3.05, 3.63) is 287 Å². The first-order chi connectivity index (χ1) is 34.0. The molecule has 1 heteroatoms. The van der Waals surface area contributed by atoms with Gasteiger partial charge in [-0.15, -0.1) is 11.3 Å². The van der Waals surface area contributed by atoms with Gasteiger partial charge in [-0.05, 0) is 117 Å². The summed E-state index contributed by atoms with van der Waals surface area (Å²) in [4.78, 5) is 2.68. The van der Waals surface area contributed by atoms with Crippen LogP contribution in [0.2, 0.25) is 0 Å². The molecule has 0 amide bonds. The Morgan fingerprint density at radius 1 is 0.391 bits per heavy atom. The molecule has 0 aliphatic heterocycles. The van der Waals surface area contributed by atoms with Crippen LogP contribution < -0.4 is 0 Å². The second-order valence-electron chi connectivity index (χ2n) is 19.8. The van der Waals surface area contributed by atoms with Crippen molar-refractivity contribution in [2.45, 2.75) is 37.0 Å². The van der Waals surface area contributed by atoms with E-state index in [1.54, 1.807) is 0 Å². The average molecular weight is 897 g/mol. The lowest BCUT2D eigenvalue weighted by Crippen LogP contribution is -2.26. The summed E-state index contributed by atoms with van der Waals surface area (Å²) in [5.74, 6) is 0.0693. The quantitative estimate of drug-likeness (QED) is 0.150. The van der Waals surface area contributed by atoms with Crippen LogP contribution in [0.4, 0.5) is 0 Å². The molecule has 2 atom stereocenters. The molecule has 0 N–H and O–H groups in total. The lowest BCUT2D eigenvalue weighted by molar-refractivity contribution is 0.657. The molecule has 3 aliphatic rings. The van der Waals surface area contributed by atoms with Gasteiger partial charge in [0.2, 0.25) is 0 Å². The molecule has 0 bridgehead atoms. The molecule has 0 nitrogen and oxygen atoms in total. The number of thiophene rings is 1. The summed E-state index contributed by atoms with van der Waals surface area (Å²) in [5.41, 5.74) is 25.0. The van der Waals surface area contributed by atoms with Crippen LogP contribution in [-0.4, -0.2) is 0 Å². The first-order valence-corrected chi connectivity index (χ1v) is 25.2. The van der Waals surface area contributed by atoms with Gasteiger partial charge in [0.05, 0.1) is 5.41 Å². The summed E-state index contributed by atoms with van der Waals surface area (Å²) in [5, 5.41) is 2.54. The molecule has 14 rings (SSSR count). The predicted octanol–water partition coefficient (Wildman–Crippen LogP) is 17.9. The van der Waals surface area contributed by atoms with E-state index < -0.39 is 5.41 Å². The van der Waals surface area contributed by atoms with Crippen LogP contribution in [-0.2, 0) is 17.3 Å². The van der Waals surface area contributed by atoms with Gasteiger partial charge in [-0.25, -0.2) is 0 Å². The van der Waals surface area contributed by atoms with E-state index in [1.807, 2.05) is 11.3 Å². The third kappa shape index (κ3) is 5.81. The third-order valence-electron chi connectivity index (χ3n) is 15.9. The molecule has 326 valence electrons. The van der Waals surface area contributed by atoms with E-state index in [0.717, 1.165) is 6.42 Å². The zero-order chi connectivity index (χ0) is 45.8. The van der Waals surface area contributed by atoms with E-state index in [4.69, 9.17) is 0 Å². The molecule has 1 heterocycles. The molecule has 3 aliphatic carbocycles. The van der Waals surface area contributed by atoms with Gasteiger partial charge < -0.3 is 0 Å². The number of hydrogen-bond donors (Lipinski definition) is 0. The molecule has 11 aromatic rings. The van der Waals surface area contributed by atoms with Gasteiger partial charge in [0.1, 0.15) is 0 Å². The number of rotatable bonds is 7. The van der Waals surface area contributed by atoms with Crippen molar-refractivity contribution in [1.82, 2.24) is 0 Å². The Balaban J connectivity index is 1.01. The molecular weight excluding hydrogens is 849 g/mol. The van der Waals surface area contributed by atoms with Crippen LogP contribution in [0.3, 0.4) is 0 Å². The Hall–Kier alpha value is -7.84. The molecule has 10 aromatic carbocycles. The monoisotopic (exact) mass is 896 g/mol. The Kier molecular flexibility index (Phi) is 8.95. The molecule has 0 saturated heterocycles. The number of fused-ring (bicyclic) bond motifs is 14. The van der Waals surface area contributed by atoms with Gasteiger partial charge in [-0.2, -0.15) is 0 Å². The Morgan fingerprint density at radius 2 is 0.928 bits per heavy atom. The molecule has 69 heavy (non-hydrogen) atoms. The van der Waals surface area contributed by atoms with E-state index in [1.165, 1.54) is 126 Å². The summed E-state index contributed by atoms with van der Waals surface area (Å²) in [7, 11) is 0. The van der Waals surface area contributed by atoms with E-state index in [-0.39, 0.29) is 11.3 Å². The van der Waals surface area contributed by atoms with Crippen molar-refractivity contribution in [2.75, 3.05) is 0 Å². The number of hydrogen-bond acceptors (Lipinski definition) is 1. The zero-order valence-corrected chi connectivity index (χ0v) is 39.5. The Labute approximate surface area is 408 Å². The van der Waals surface area contributed by atoms with Gasteiger partial charge >= 0.3 is 0 Å². The highest BCUT2D eigenvalue weighted by Crippen LogP contribution is 2.68. The summed E-state index contributed by atoms with van der Waals surface area (Å²) in [6, 6.07) is 89.6. The standard InChI is InChI=1S/C68H48S/c1-67(2)58-33-16-13-29-52(58)54-39-37-47(42-61(54)67)57(51-28-12-11-27-50(51)49-32-19-25-44-20-9-10-26-48(44)49)40-43-36-38-55-53-30-14-17-34-59(53)68(62(55)41-43)60-35-18-15-31-56(60)63-64(68)66(46-23-7-4-8-24-46)69-65(63)45-21-5-3-6-22-45/h3-39,41-42,57H,40H2,1-2H3. The highest BCUT2D eigenvalue weighted by molar-refractivity contribution is 7.19. The fourth-order valence-corrected chi connectivity index (χ4v) is 14.3. The van der Waals surface area contributed by atoms with Crippen LogP contribution in [0.1, 0.15) is 69.8 Å². The molecule has 1 spiro atoms. The minimum absolute atomic E-state index is 0.0693. The summed E-state index contributed by atoms with van der Waals surface area (Å²) in [6.07, 6.45) is 0.840. The number of benzene rings is 10. The molecule has 0 fully saturated rings. The summed E-state index contributed by atoms with van der Waals surface area (Å²) < 4.78 is 0. The lowest BCUT2D eigenvalue weighted by atomic mass is 9.69. The highest BCUT2D eigenvalue weighted by Gasteiger charge is 2.54. The van der Waals surface area contributed by atoms with Gasteiger partial charge in [-0.3, -0.25) is 0 Å². The largest absolute Gasteiger partial charge is 0.134 e. The smallest absolute Gasteiger partial charge is 0.0740 e. The van der Waals surface area contributed by atoms with Crippen LogP contribution in [0, 0.1) is 0 Å². The van der Waals surface area contributed by atoms with Crippen LogP contribution in [0.25, 0.3) is 76.2 Å². The van der Waals surface area contributed by atoms with Crippen molar-refractivity contribution in [3.8, 4) is 65.4 Å². The van der Waals surface area contributed by atoms with E-state index in [0.29, 0.717) is 0 Å². The van der Waals surface area contributed by atoms with E-state index in [2.05, 4.69) is 250 Å². The third-order valence-corrected chi connectivity index (χ3v) is 17.2. The minimum atomic E-state index is -0.512. The first kappa shape index (κ1) is 40.2. The topological polar surface area (TPSA) is 0 Å². The molecule has 1 aromatic heterocycles. The van der Waals surface area contributed by atoms with Crippen molar-refractivity contribution in [2.24, 2.45) is 0 Å². The normalized spacial score (nSPS) is 15.9. The fraction of sp³-hybridized carbons (Fsp3) is 0.0882. The molecule has 0 radical (unpaired) electrons. The highest BCUT2D eigenvalue weighted by atomic mass is 32.1. The van der Waals surface area contributed by atoms with Gasteiger partial charge in [0.25, 0.3) is 0 Å². The van der Waals surface area contributed by atoms with Crippen molar-refractivity contribution < 1.29 is 0 Å². The van der Waals surface area contributed by atoms with Crippen LogP contribution >= 0.6 is 11.3 Å². The Morgan fingerprint density at radius 3 is 1.70 bits per heavy atom. The van der Waals surface area contributed by atoms with E-state index >= 15 is 0 Å². The maximum absolute atomic E-state index is 2.62. The average Bonchev–Trinajstić information content (AvgIpc) is 4.11. The molecule has 2 unspecified atom stereocenters. The summed E-state index contributed by atoms with van der Waals surface area (Å²) >= 11 is 1.96. The van der Waals surface area contributed by atoms with Crippen molar-refractivity contribution in [3.63, 3.8) is 0 Å². The maximum atomic E-state index is 2.62. The van der Waals surface area contributed by atoms with Crippen molar-refractivity contribution in [1.29, 1.82) is 0 Å². The predicted molar refractivity (Wildman–Crippen MR) is 290 cm³/mol. The van der Waals surface area contributed by atoms with Crippen LogP contribution in [0.15, 0.2) is 237 Å². The SMILES string of the molecule is CC1(C)c2ccccc2-c2ccc(C(Cc3ccc4c(c3)C3(c5ccccc5-4)c4ccccc4-c4c(-c5ccccc5)sc(-c5ccccc5)c43)c3ccccc3-c3cccc4ccccc34)cc21.